The van der Waals surface area contributed by atoms with E-state index in [9.17, 15) is 0 Å². The van der Waals surface area contributed by atoms with Gasteiger partial charge in [0.1, 0.15) is 0 Å². The molecule has 1 aliphatic rings. The Morgan fingerprint density at radius 1 is 1.43 bits per heavy atom. The van der Waals surface area contributed by atoms with Gasteiger partial charge in [0.05, 0.1) is 6.10 Å². The Morgan fingerprint density at radius 2 is 2.21 bits per heavy atom. The molecule has 1 rings (SSSR count). The second-order valence-electron chi connectivity index (χ2n) is 4.75. The van der Waals surface area contributed by atoms with Gasteiger partial charge in [-0.15, -0.1) is 0 Å². The summed E-state index contributed by atoms with van der Waals surface area (Å²) in [7, 11) is 0. The molecule has 0 amide bonds. The Bertz CT molecular complexity index is 141. The van der Waals surface area contributed by atoms with Crippen LogP contribution in [0.3, 0.4) is 0 Å². The largest absolute Gasteiger partial charge is 0.378 e. The maximum atomic E-state index is 5.67. The van der Waals surface area contributed by atoms with Gasteiger partial charge in [-0.05, 0) is 38.1 Å². The molecule has 1 heterocycles. The topological polar surface area (TPSA) is 21.3 Å². The van der Waals surface area contributed by atoms with Gasteiger partial charge in [-0.1, -0.05) is 20.8 Å². The Labute approximate surface area is 88.4 Å². The van der Waals surface area contributed by atoms with Crippen molar-refractivity contribution >= 4 is 0 Å². The van der Waals surface area contributed by atoms with Crippen LogP contribution in [0, 0.1) is 5.92 Å². The van der Waals surface area contributed by atoms with Crippen LogP contribution in [0.4, 0.5) is 0 Å². The minimum absolute atomic E-state index is 0.526. The molecule has 1 fully saturated rings. The Hall–Kier alpha value is -0.0800. The van der Waals surface area contributed by atoms with Crippen LogP contribution in [-0.2, 0) is 4.74 Å². The van der Waals surface area contributed by atoms with Gasteiger partial charge in [-0.25, -0.2) is 0 Å². The number of ether oxygens (including phenoxy) is 1. The molecule has 84 valence electrons. The van der Waals surface area contributed by atoms with E-state index in [0.29, 0.717) is 12.1 Å². The van der Waals surface area contributed by atoms with E-state index in [1.165, 1.54) is 25.7 Å². The molecule has 0 aliphatic carbocycles. The van der Waals surface area contributed by atoms with Crippen molar-refractivity contribution in [2.24, 2.45) is 5.92 Å². The number of rotatable bonds is 6. The minimum Gasteiger partial charge on any atom is -0.378 e. The lowest BCUT2D eigenvalue weighted by Gasteiger charge is -2.22. The average Bonchev–Trinajstić information content (AvgIpc) is 2.56. The maximum Gasteiger partial charge on any atom is 0.0590 e. The highest BCUT2D eigenvalue weighted by Gasteiger charge is 2.20. The van der Waals surface area contributed by atoms with E-state index in [0.717, 1.165) is 19.1 Å². The van der Waals surface area contributed by atoms with E-state index in [-0.39, 0.29) is 0 Å². The highest BCUT2D eigenvalue weighted by atomic mass is 16.5. The summed E-state index contributed by atoms with van der Waals surface area (Å²) >= 11 is 0. The van der Waals surface area contributed by atoms with E-state index in [4.69, 9.17) is 4.74 Å². The predicted molar refractivity (Wildman–Crippen MR) is 60.5 cm³/mol. The van der Waals surface area contributed by atoms with Gasteiger partial charge in [0, 0.05) is 12.6 Å². The van der Waals surface area contributed by atoms with Gasteiger partial charge in [-0.3, -0.25) is 0 Å². The van der Waals surface area contributed by atoms with Crippen molar-refractivity contribution in [1.29, 1.82) is 0 Å². The van der Waals surface area contributed by atoms with Gasteiger partial charge < -0.3 is 10.1 Å². The smallest absolute Gasteiger partial charge is 0.0590 e. The molecule has 0 spiro atoms. The molecule has 0 aromatic heterocycles. The molecule has 0 bridgehead atoms. The first-order valence-electron chi connectivity index (χ1n) is 6.07. The fourth-order valence-corrected chi connectivity index (χ4v) is 2.27. The van der Waals surface area contributed by atoms with Crippen LogP contribution in [0.15, 0.2) is 0 Å². The van der Waals surface area contributed by atoms with Crippen molar-refractivity contribution in [1.82, 2.24) is 5.32 Å². The summed E-state index contributed by atoms with van der Waals surface area (Å²) in [5.74, 6) is 0.778. The molecular weight excluding hydrogens is 174 g/mol. The van der Waals surface area contributed by atoms with Crippen molar-refractivity contribution in [3.05, 3.63) is 0 Å². The quantitative estimate of drug-likeness (QED) is 0.710. The molecule has 1 aliphatic heterocycles. The lowest BCUT2D eigenvalue weighted by Crippen LogP contribution is -2.33. The summed E-state index contributed by atoms with van der Waals surface area (Å²) in [4.78, 5) is 0. The predicted octanol–water partition coefficient (Wildman–Crippen LogP) is 2.58. The average molecular weight is 199 g/mol. The van der Waals surface area contributed by atoms with Gasteiger partial charge in [0.2, 0.25) is 0 Å². The second kappa shape index (κ2) is 6.41. The van der Waals surface area contributed by atoms with Crippen LogP contribution in [0.5, 0.6) is 0 Å². The van der Waals surface area contributed by atoms with E-state index in [1.807, 2.05) is 0 Å². The number of hydrogen-bond acceptors (Lipinski definition) is 2. The zero-order chi connectivity index (χ0) is 10.4. The highest BCUT2D eigenvalue weighted by Crippen LogP contribution is 2.19. The van der Waals surface area contributed by atoms with E-state index in [1.54, 1.807) is 0 Å². The minimum atomic E-state index is 0.526. The first-order valence-corrected chi connectivity index (χ1v) is 6.07. The standard InChI is InChI=1S/C12H25NO/c1-4-13-11(8-10(2)3)9-12-6-5-7-14-12/h10-13H,4-9H2,1-3H3. The van der Waals surface area contributed by atoms with Gasteiger partial charge in [0.15, 0.2) is 0 Å². The second-order valence-corrected chi connectivity index (χ2v) is 4.75. The maximum absolute atomic E-state index is 5.67. The van der Waals surface area contributed by atoms with Crippen molar-refractivity contribution < 1.29 is 4.74 Å². The number of hydrogen-bond donors (Lipinski definition) is 1. The summed E-state index contributed by atoms with van der Waals surface area (Å²) < 4.78 is 5.67. The molecule has 1 N–H and O–H groups in total. The molecule has 0 aromatic rings. The first kappa shape index (κ1) is 12.0. The molecule has 2 nitrogen and oxygen atoms in total. The summed E-state index contributed by atoms with van der Waals surface area (Å²) in [6.45, 7) is 8.82. The van der Waals surface area contributed by atoms with Gasteiger partial charge in [-0.2, -0.15) is 0 Å². The first-order chi connectivity index (χ1) is 6.72. The third-order valence-corrected chi connectivity index (χ3v) is 2.82. The van der Waals surface area contributed by atoms with Crippen molar-refractivity contribution in [3.63, 3.8) is 0 Å². The van der Waals surface area contributed by atoms with Crippen LogP contribution in [0.25, 0.3) is 0 Å². The normalized spacial score (nSPS) is 24.4. The molecule has 2 unspecified atom stereocenters. The van der Waals surface area contributed by atoms with Crippen molar-refractivity contribution in [2.75, 3.05) is 13.2 Å². The van der Waals surface area contributed by atoms with Crippen LogP contribution < -0.4 is 5.32 Å². The van der Waals surface area contributed by atoms with Crippen LogP contribution in [0.1, 0.15) is 46.5 Å². The van der Waals surface area contributed by atoms with E-state index >= 15 is 0 Å². The number of nitrogens with one attached hydrogen (secondary N) is 1. The lowest BCUT2D eigenvalue weighted by molar-refractivity contribution is 0.0923. The van der Waals surface area contributed by atoms with Crippen LogP contribution in [-0.4, -0.2) is 25.3 Å². The fraction of sp³-hybridized carbons (Fsp3) is 1.00. The summed E-state index contributed by atoms with van der Waals surface area (Å²) in [6.07, 6.45) is 5.52. The molecule has 0 saturated carbocycles. The molecule has 1 saturated heterocycles. The molecular formula is C12H25NO. The highest BCUT2D eigenvalue weighted by molar-refractivity contribution is 4.75. The summed E-state index contributed by atoms with van der Waals surface area (Å²) in [6, 6.07) is 0.656. The Morgan fingerprint density at radius 3 is 2.71 bits per heavy atom. The lowest BCUT2D eigenvalue weighted by atomic mass is 9.97. The van der Waals surface area contributed by atoms with Crippen LogP contribution >= 0.6 is 0 Å². The zero-order valence-corrected chi connectivity index (χ0v) is 9.88. The Kier molecular flexibility index (Phi) is 5.49. The summed E-state index contributed by atoms with van der Waals surface area (Å²) in [5.41, 5.74) is 0. The zero-order valence-electron chi connectivity index (χ0n) is 9.88. The van der Waals surface area contributed by atoms with E-state index < -0.39 is 0 Å². The third kappa shape index (κ3) is 4.43. The third-order valence-electron chi connectivity index (χ3n) is 2.82. The van der Waals surface area contributed by atoms with Crippen molar-refractivity contribution in [3.8, 4) is 0 Å². The molecule has 0 aromatic carbocycles. The van der Waals surface area contributed by atoms with Crippen molar-refractivity contribution in [2.45, 2.75) is 58.6 Å². The molecule has 2 heteroatoms. The molecule has 2 atom stereocenters. The van der Waals surface area contributed by atoms with Gasteiger partial charge in [0.25, 0.3) is 0 Å². The van der Waals surface area contributed by atoms with Gasteiger partial charge >= 0.3 is 0 Å². The molecule has 0 radical (unpaired) electrons. The monoisotopic (exact) mass is 199 g/mol. The SMILES string of the molecule is CCNC(CC(C)C)CC1CCCO1. The summed E-state index contributed by atoms with van der Waals surface area (Å²) in [5, 5.41) is 3.56. The Balaban J connectivity index is 2.25. The molecule has 14 heavy (non-hydrogen) atoms. The fourth-order valence-electron chi connectivity index (χ4n) is 2.27. The van der Waals surface area contributed by atoms with E-state index in [2.05, 4.69) is 26.1 Å². The van der Waals surface area contributed by atoms with Crippen LogP contribution in [0.2, 0.25) is 0 Å².